The molecule has 1 aliphatic carbocycles. The second kappa shape index (κ2) is 4.28. The van der Waals surface area contributed by atoms with Crippen molar-refractivity contribution in [3.8, 4) is 0 Å². The lowest BCUT2D eigenvalue weighted by Gasteiger charge is -2.23. The van der Waals surface area contributed by atoms with Gasteiger partial charge in [-0.05, 0) is 37.0 Å². The minimum Gasteiger partial charge on any atom is -0.349 e. The summed E-state index contributed by atoms with van der Waals surface area (Å²) in [5.74, 6) is 0.661. The van der Waals surface area contributed by atoms with Crippen molar-refractivity contribution in [2.24, 2.45) is 5.92 Å². The summed E-state index contributed by atoms with van der Waals surface area (Å²) in [4.78, 5) is 16.5. The van der Waals surface area contributed by atoms with Crippen LogP contribution in [0.15, 0.2) is 23.7 Å². The van der Waals surface area contributed by atoms with Crippen molar-refractivity contribution in [2.45, 2.75) is 24.9 Å². The van der Waals surface area contributed by atoms with Gasteiger partial charge in [0.1, 0.15) is 0 Å². The molecule has 1 aliphatic heterocycles. The van der Waals surface area contributed by atoms with Crippen LogP contribution in [0.1, 0.15) is 23.2 Å². The van der Waals surface area contributed by atoms with Crippen LogP contribution in [0, 0.1) is 5.92 Å². The number of aromatic nitrogens is 1. The quantitative estimate of drug-likeness (QED) is 0.877. The molecule has 2 aliphatic rings. The maximum absolute atomic E-state index is 12.3. The van der Waals surface area contributed by atoms with Gasteiger partial charge in [0, 0.05) is 24.2 Å². The highest BCUT2D eigenvalue weighted by molar-refractivity contribution is 7.16. The van der Waals surface area contributed by atoms with E-state index in [0.29, 0.717) is 18.0 Å². The Morgan fingerprint density at radius 1 is 1.42 bits per heavy atom. The average Bonchev–Trinajstić information content (AvgIpc) is 3.13. The lowest BCUT2D eigenvalue weighted by molar-refractivity contribution is 0.0925. The van der Waals surface area contributed by atoms with Crippen LogP contribution in [0.4, 0.5) is 0 Å². The van der Waals surface area contributed by atoms with Crippen LogP contribution in [0.25, 0.3) is 10.2 Å². The van der Waals surface area contributed by atoms with Gasteiger partial charge in [0.2, 0.25) is 0 Å². The molecule has 4 rings (SSSR count). The molecule has 1 aromatic carbocycles. The largest absolute Gasteiger partial charge is 0.349 e. The molecule has 2 bridgehead atoms. The number of hydrogen-bond acceptors (Lipinski definition) is 4. The summed E-state index contributed by atoms with van der Waals surface area (Å²) in [6.07, 6.45) is 2.28. The molecule has 2 N–H and O–H groups in total. The van der Waals surface area contributed by atoms with Crippen molar-refractivity contribution in [3.63, 3.8) is 0 Å². The molecule has 0 spiro atoms. The summed E-state index contributed by atoms with van der Waals surface area (Å²) in [7, 11) is 0. The molecule has 1 saturated carbocycles. The van der Waals surface area contributed by atoms with Gasteiger partial charge >= 0.3 is 0 Å². The van der Waals surface area contributed by atoms with Crippen molar-refractivity contribution in [2.75, 3.05) is 6.54 Å². The monoisotopic (exact) mass is 273 g/mol. The molecule has 4 nitrogen and oxygen atoms in total. The van der Waals surface area contributed by atoms with E-state index in [9.17, 15) is 4.79 Å². The summed E-state index contributed by atoms with van der Waals surface area (Å²) in [5.41, 5.74) is 3.52. The number of piperidine rings is 1. The topological polar surface area (TPSA) is 54.0 Å². The summed E-state index contributed by atoms with van der Waals surface area (Å²) >= 11 is 1.57. The molecule has 1 amide bonds. The molecule has 3 atom stereocenters. The van der Waals surface area contributed by atoms with E-state index in [-0.39, 0.29) is 5.91 Å². The van der Waals surface area contributed by atoms with Gasteiger partial charge in [0.05, 0.1) is 15.7 Å². The number of nitrogens with zero attached hydrogens (tertiary/aromatic N) is 1. The molecule has 0 radical (unpaired) electrons. The maximum Gasteiger partial charge on any atom is 0.251 e. The lowest BCUT2D eigenvalue weighted by Crippen LogP contribution is -2.44. The number of carbonyl (C=O) groups is 1. The number of thiazole rings is 1. The Hall–Kier alpha value is -1.46. The molecule has 2 aromatic rings. The fraction of sp³-hybridized carbons (Fsp3) is 0.429. The van der Waals surface area contributed by atoms with Gasteiger partial charge in [-0.2, -0.15) is 0 Å². The summed E-state index contributed by atoms with van der Waals surface area (Å²) in [5, 5.41) is 6.65. The van der Waals surface area contributed by atoms with Gasteiger partial charge in [-0.1, -0.05) is 0 Å². The Balaban J connectivity index is 1.53. The molecular weight excluding hydrogens is 258 g/mol. The number of carbonyl (C=O) groups excluding carboxylic acids is 1. The van der Waals surface area contributed by atoms with Gasteiger partial charge in [-0.25, -0.2) is 4.98 Å². The minimum absolute atomic E-state index is 0.0489. The van der Waals surface area contributed by atoms with Gasteiger partial charge in [0.15, 0.2) is 0 Å². The number of rotatable bonds is 2. The first kappa shape index (κ1) is 11.4. The predicted molar refractivity (Wildman–Crippen MR) is 75.4 cm³/mol. The number of nitrogens with one attached hydrogen (secondary N) is 2. The summed E-state index contributed by atoms with van der Waals surface area (Å²) in [6, 6.07) is 6.68. The second-order valence-electron chi connectivity index (χ2n) is 5.45. The average molecular weight is 273 g/mol. The van der Waals surface area contributed by atoms with E-state index in [2.05, 4.69) is 15.6 Å². The normalized spacial score (nSPS) is 28.9. The summed E-state index contributed by atoms with van der Waals surface area (Å²) < 4.78 is 1.07. The van der Waals surface area contributed by atoms with E-state index in [1.807, 2.05) is 23.7 Å². The van der Waals surface area contributed by atoms with Crippen LogP contribution in [0.5, 0.6) is 0 Å². The highest BCUT2D eigenvalue weighted by Crippen LogP contribution is 2.31. The van der Waals surface area contributed by atoms with Crippen molar-refractivity contribution < 1.29 is 4.79 Å². The Labute approximate surface area is 115 Å². The Bertz CT molecular complexity index is 638. The third-order valence-corrected chi connectivity index (χ3v) is 5.07. The van der Waals surface area contributed by atoms with Gasteiger partial charge in [-0.3, -0.25) is 4.79 Å². The van der Waals surface area contributed by atoms with Crippen molar-refractivity contribution in [3.05, 3.63) is 29.3 Å². The SMILES string of the molecule is O=C(NC1CC2CC1CN2)c1ccc2ncsc2c1. The zero-order valence-electron chi connectivity index (χ0n) is 10.4. The first-order chi connectivity index (χ1) is 9.29. The molecule has 1 saturated heterocycles. The van der Waals surface area contributed by atoms with Crippen LogP contribution >= 0.6 is 11.3 Å². The predicted octanol–water partition coefficient (Wildman–Crippen LogP) is 1.78. The van der Waals surface area contributed by atoms with Crippen LogP contribution in [0.2, 0.25) is 0 Å². The highest BCUT2D eigenvalue weighted by Gasteiger charge is 2.40. The van der Waals surface area contributed by atoms with Gasteiger partial charge in [0.25, 0.3) is 5.91 Å². The van der Waals surface area contributed by atoms with Crippen LogP contribution in [-0.2, 0) is 0 Å². The molecule has 98 valence electrons. The molecule has 3 unspecified atom stereocenters. The molecule has 2 fully saturated rings. The number of fused-ring (bicyclic) bond motifs is 3. The van der Waals surface area contributed by atoms with Crippen molar-refractivity contribution in [1.29, 1.82) is 0 Å². The first-order valence-corrected chi connectivity index (χ1v) is 7.55. The third-order valence-electron chi connectivity index (χ3n) is 4.27. The number of amides is 1. The Kier molecular flexibility index (Phi) is 2.56. The second-order valence-corrected chi connectivity index (χ2v) is 6.34. The molecule has 2 heterocycles. The van der Waals surface area contributed by atoms with E-state index in [1.54, 1.807) is 11.3 Å². The van der Waals surface area contributed by atoms with Crippen LogP contribution in [-0.4, -0.2) is 29.5 Å². The maximum atomic E-state index is 12.3. The zero-order valence-corrected chi connectivity index (χ0v) is 11.2. The van der Waals surface area contributed by atoms with Crippen molar-refractivity contribution in [1.82, 2.24) is 15.6 Å². The third kappa shape index (κ3) is 1.93. The van der Waals surface area contributed by atoms with Crippen LogP contribution < -0.4 is 10.6 Å². The first-order valence-electron chi connectivity index (χ1n) is 6.67. The Morgan fingerprint density at radius 2 is 2.37 bits per heavy atom. The highest BCUT2D eigenvalue weighted by atomic mass is 32.1. The zero-order chi connectivity index (χ0) is 12.8. The molecule has 5 heteroatoms. The van der Waals surface area contributed by atoms with Gasteiger partial charge < -0.3 is 10.6 Å². The Morgan fingerprint density at radius 3 is 3.16 bits per heavy atom. The lowest BCUT2D eigenvalue weighted by atomic mass is 10.0. The van der Waals surface area contributed by atoms with E-state index >= 15 is 0 Å². The van der Waals surface area contributed by atoms with Crippen LogP contribution in [0.3, 0.4) is 0 Å². The number of benzene rings is 1. The minimum atomic E-state index is 0.0489. The molecule has 1 aromatic heterocycles. The standard InChI is InChI=1S/C14H15N3OS/c18-14(17-12-5-10-3-9(12)6-15-10)8-1-2-11-13(4-8)19-7-16-11/h1-2,4,7,9-10,12,15H,3,5-6H2,(H,17,18). The number of hydrogen-bond donors (Lipinski definition) is 2. The van der Waals surface area contributed by atoms with Crippen molar-refractivity contribution >= 4 is 27.5 Å². The molecular formula is C14H15N3OS. The fourth-order valence-corrected chi connectivity index (χ4v) is 3.98. The van der Waals surface area contributed by atoms with Gasteiger partial charge in [-0.15, -0.1) is 11.3 Å². The van der Waals surface area contributed by atoms with E-state index in [0.717, 1.165) is 28.7 Å². The fourth-order valence-electron chi connectivity index (χ4n) is 3.26. The smallest absolute Gasteiger partial charge is 0.251 e. The van der Waals surface area contributed by atoms with E-state index in [1.165, 1.54) is 6.42 Å². The van der Waals surface area contributed by atoms with E-state index < -0.39 is 0 Å². The summed E-state index contributed by atoms with van der Waals surface area (Å²) in [6.45, 7) is 1.05. The molecule has 19 heavy (non-hydrogen) atoms. The van der Waals surface area contributed by atoms with E-state index in [4.69, 9.17) is 0 Å².